The number of hydrogen-bond donors (Lipinski definition) is 4. The monoisotopic (exact) mass is 526 g/mol. The van der Waals surface area contributed by atoms with Crippen LogP contribution in [0.2, 0.25) is 0 Å². The van der Waals surface area contributed by atoms with Crippen molar-refractivity contribution in [2.24, 2.45) is 5.10 Å². The third-order valence-corrected chi connectivity index (χ3v) is 5.25. The molecule has 0 fully saturated rings. The summed E-state index contributed by atoms with van der Waals surface area (Å²) in [5.74, 6) is 0.148. The van der Waals surface area contributed by atoms with Gasteiger partial charge in [0.1, 0.15) is 12.4 Å². The lowest BCUT2D eigenvalue weighted by Crippen LogP contribution is -2.45. The first-order chi connectivity index (χ1) is 18.2. The van der Waals surface area contributed by atoms with Crippen LogP contribution in [0.15, 0.2) is 58.8 Å². The quantitative estimate of drug-likeness (QED) is 0.113. The lowest BCUT2D eigenvalue weighted by Gasteiger charge is -2.28. The molecule has 0 saturated carbocycles. The maximum atomic E-state index is 12.4. The van der Waals surface area contributed by atoms with Crippen LogP contribution in [0.25, 0.3) is 0 Å². The molecule has 0 aromatic heterocycles. The van der Waals surface area contributed by atoms with Crippen molar-refractivity contribution in [1.29, 1.82) is 0 Å². The molecule has 3 rings (SSSR count). The molecule has 0 unspecified atom stereocenters. The largest absolute Gasteiger partial charge is 0.490 e. The maximum Gasteiger partial charge on any atom is 0.337 e. The van der Waals surface area contributed by atoms with E-state index in [1.165, 1.54) is 20.2 Å². The van der Waals surface area contributed by atoms with Crippen LogP contribution < -0.4 is 30.3 Å². The van der Waals surface area contributed by atoms with Gasteiger partial charge in [-0.1, -0.05) is 6.07 Å². The number of esters is 2. The van der Waals surface area contributed by atoms with E-state index in [0.29, 0.717) is 35.1 Å². The summed E-state index contributed by atoms with van der Waals surface area (Å²) in [5, 5.41) is 19.5. The number of ether oxygens (including phenoxy) is 4. The molecule has 0 aliphatic carbocycles. The average Bonchev–Trinajstić information content (AvgIpc) is 2.88. The number of aliphatic hydroxyl groups is 1. The van der Waals surface area contributed by atoms with E-state index in [1.54, 1.807) is 56.3 Å². The third-order valence-electron chi connectivity index (χ3n) is 5.25. The first-order valence-corrected chi connectivity index (χ1v) is 11.7. The number of urea groups is 1. The molecule has 2 aromatic carbocycles. The summed E-state index contributed by atoms with van der Waals surface area (Å²) in [5.41, 5.74) is 4.51. The van der Waals surface area contributed by atoms with Gasteiger partial charge in [0.25, 0.3) is 0 Å². The molecule has 1 aliphatic heterocycles. The molecular formula is C26H30N4O8. The van der Waals surface area contributed by atoms with E-state index < -0.39 is 30.2 Å². The van der Waals surface area contributed by atoms with E-state index in [9.17, 15) is 19.5 Å². The lowest BCUT2D eigenvalue weighted by atomic mass is 9.95. The predicted octanol–water partition coefficient (Wildman–Crippen LogP) is 2.13. The fourth-order valence-corrected chi connectivity index (χ4v) is 3.61. The number of hydrogen-bond acceptors (Lipinski definition) is 10. The van der Waals surface area contributed by atoms with Gasteiger partial charge in [-0.05, 0) is 61.4 Å². The van der Waals surface area contributed by atoms with Gasteiger partial charge in [0, 0.05) is 12.6 Å². The van der Waals surface area contributed by atoms with E-state index in [2.05, 4.69) is 21.2 Å². The normalized spacial score (nSPS) is 15.8. The number of aliphatic hydroxyl groups excluding tert-OH is 1. The number of carbonyl (C=O) groups excluding carboxylic acids is 3. The highest BCUT2D eigenvalue weighted by Crippen LogP contribution is 2.34. The van der Waals surface area contributed by atoms with Gasteiger partial charge in [-0.2, -0.15) is 5.10 Å². The standard InChI is InChI=1S/C26H30N4O8/c1-5-36-21-12-18(24-23(25(33)35-4)15(2)28-26(34)29-24)8-11-20(21)37-14-22(32)30-27-13-17-6-9-19(10-7-17)38-16(3)31/h6-13,22,24,30,32H,5,14H2,1-4H3,(H2,28,29,34)/b27-13+/t22-,24+/m0/s1. The molecule has 38 heavy (non-hydrogen) atoms. The highest BCUT2D eigenvalue weighted by Gasteiger charge is 2.32. The summed E-state index contributed by atoms with van der Waals surface area (Å²) in [4.78, 5) is 35.4. The molecule has 1 aliphatic rings. The molecule has 2 aromatic rings. The van der Waals surface area contributed by atoms with Gasteiger partial charge in [-0.3, -0.25) is 10.2 Å². The number of nitrogens with one attached hydrogen (secondary N) is 3. The van der Waals surface area contributed by atoms with Gasteiger partial charge < -0.3 is 34.7 Å². The summed E-state index contributed by atoms with van der Waals surface area (Å²) in [6.07, 6.45) is 0.351. The van der Waals surface area contributed by atoms with E-state index >= 15 is 0 Å². The first-order valence-electron chi connectivity index (χ1n) is 11.7. The molecule has 0 saturated heterocycles. The maximum absolute atomic E-state index is 12.4. The molecule has 202 valence electrons. The molecule has 0 spiro atoms. The Morgan fingerprint density at radius 3 is 2.55 bits per heavy atom. The number of rotatable bonds is 11. The van der Waals surface area contributed by atoms with Gasteiger partial charge >= 0.3 is 18.0 Å². The number of amides is 2. The highest BCUT2D eigenvalue weighted by molar-refractivity contribution is 5.95. The van der Waals surface area contributed by atoms with Gasteiger partial charge in [-0.25, -0.2) is 9.59 Å². The Morgan fingerprint density at radius 2 is 1.89 bits per heavy atom. The Morgan fingerprint density at radius 1 is 1.16 bits per heavy atom. The summed E-state index contributed by atoms with van der Waals surface area (Å²) in [7, 11) is 1.27. The predicted molar refractivity (Wildman–Crippen MR) is 137 cm³/mol. The van der Waals surface area contributed by atoms with Crippen molar-refractivity contribution < 1.29 is 38.4 Å². The summed E-state index contributed by atoms with van der Waals surface area (Å²) in [6.45, 7) is 4.92. The molecule has 12 nitrogen and oxygen atoms in total. The van der Waals surface area contributed by atoms with Crippen molar-refractivity contribution in [1.82, 2.24) is 16.1 Å². The second-order valence-corrected chi connectivity index (χ2v) is 8.08. The molecule has 4 N–H and O–H groups in total. The van der Waals surface area contributed by atoms with Crippen LogP contribution in [0.4, 0.5) is 4.79 Å². The summed E-state index contributed by atoms with van der Waals surface area (Å²) < 4.78 is 21.3. The van der Waals surface area contributed by atoms with Crippen molar-refractivity contribution in [3.8, 4) is 17.2 Å². The molecule has 0 radical (unpaired) electrons. The Bertz CT molecular complexity index is 1230. The number of allylic oxidation sites excluding steroid dienone is 1. The van der Waals surface area contributed by atoms with Crippen LogP contribution in [-0.4, -0.2) is 55.8 Å². The van der Waals surface area contributed by atoms with Crippen molar-refractivity contribution in [2.75, 3.05) is 20.3 Å². The van der Waals surface area contributed by atoms with E-state index in [1.807, 2.05) is 0 Å². The molecule has 2 atom stereocenters. The SMILES string of the molecule is CCOc1cc([C@H]2NC(=O)NC(C)=C2C(=O)OC)ccc1OC[C@H](O)N/N=C/c1ccc(OC(C)=O)cc1. The number of benzene rings is 2. The molecule has 2 amide bonds. The fraction of sp³-hybridized carbons (Fsp3) is 0.308. The van der Waals surface area contributed by atoms with Gasteiger partial charge in [0.15, 0.2) is 17.7 Å². The Balaban J connectivity index is 1.65. The second-order valence-electron chi connectivity index (χ2n) is 8.08. The van der Waals surface area contributed by atoms with Crippen molar-refractivity contribution in [2.45, 2.75) is 33.0 Å². The van der Waals surface area contributed by atoms with Crippen LogP contribution >= 0.6 is 0 Å². The average molecular weight is 527 g/mol. The zero-order valence-electron chi connectivity index (χ0n) is 21.4. The summed E-state index contributed by atoms with van der Waals surface area (Å²) in [6, 6.07) is 10.4. The number of hydrazone groups is 1. The van der Waals surface area contributed by atoms with Crippen LogP contribution in [0.5, 0.6) is 17.2 Å². The van der Waals surface area contributed by atoms with Gasteiger partial charge in [-0.15, -0.1) is 0 Å². The Hall–Kier alpha value is -4.58. The topological polar surface area (TPSA) is 157 Å². The molecule has 12 heteroatoms. The van der Waals surface area contributed by atoms with Crippen LogP contribution in [0, 0.1) is 0 Å². The van der Waals surface area contributed by atoms with E-state index in [-0.39, 0.29) is 12.2 Å². The molecule has 1 heterocycles. The molecule has 0 bridgehead atoms. The summed E-state index contributed by atoms with van der Waals surface area (Å²) >= 11 is 0. The zero-order chi connectivity index (χ0) is 27.7. The highest BCUT2D eigenvalue weighted by atomic mass is 16.5. The van der Waals surface area contributed by atoms with Gasteiger partial charge in [0.05, 0.1) is 31.5 Å². The number of nitrogens with zero attached hydrogens (tertiary/aromatic N) is 1. The number of carbonyl (C=O) groups is 3. The van der Waals surface area contributed by atoms with Crippen LogP contribution in [-0.2, 0) is 14.3 Å². The number of methoxy groups -OCH3 is 1. The smallest absolute Gasteiger partial charge is 0.337 e. The van der Waals surface area contributed by atoms with Crippen molar-refractivity contribution in [3.63, 3.8) is 0 Å². The van der Waals surface area contributed by atoms with Gasteiger partial charge in [0.2, 0.25) is 0 Å². The Labute approximate surface area is 219 Å². The van der Waals surface area contributed by atoms with E-state index in [4.69, 9.17) is 18.9 Å². The fourth-order valence-electron chi connectivity index (χ4n) is 3.61. The minimum absolute atomic E-state index is 0.154. The van der Waals surface area contributed by atoms with Crippen molar-refractivity contribution in [3.05, 3.63) is 64.9 Å². The Kier molecular flexibility index (Phi) is 9.66. The lowest BCUT2D eigenvalue weighted by molar-refractivity contribution is -0.136. The zero-order valence-corrected chi connectivity index (χ0v) is 21.4. The van der Waals surface area contributed by atoms with Crippen LogP contribution in [0.1, 0.15) is 37.9 Å². The minimum atomic E-state index is -1.14. The van der Waals surface area contributed by atoms with Crippen molar-refractivity contribution >= 4 is 24.2 Å². The second kappa shape index (κ2) is 13.1. The minimum Gasteiger partial charge on any atom is -0.490 e. The van der Waals surface area contributed by atoms with Crippen LogP contribution in [0.3, 0.4) is 0 Å². The molecular weight excluding hydrogens is 496 g/mol. The first kappa shape index (κ1) is 28.0. The van der Waals surface area contributed by atoms with E-state index in [0.717, 1.165) is 5.56 Å². The third kappa shape index (κ3) is 7.46.